The first kappa shape index (κ1) is 14.9. The van der Waals surface area contributed by atoms with Crippen molar-refractivity contribution in [2.75, 3.05) is 13.1 Å². The standard InChI is InChI=1S/C15H15FN2O3S/c16-13-6-4-12(5-7-13)11-22(19,20)18-9-14(10-18)21-15-3-1-2-8-17-15/h1-8,14H,9-11H2. The van der Waals surface area contributed by atoms with Crippen molar-refractivity contribution in [3.8, 4) is 5.88 Å². The molecule has 3 rings (SSSR count). The van der Waals surface area contributed by atoms with Crippen LogP contribution in [0.5, 0.6) is 5.88 Å². The van der Waals surface area contributed by atoms with Crippen LogP contribution in [0.25, 0.3) is 0 Å². The summed E-state index contributed by atoms with van der Waals surface area (Å²) < 4.78 is 44.2. The van der Waals surface area contributed by atoms with E-state index in [2.05, 4.69) is 4.98 Å². The lowest BCUT2D eigenvalue weighted by Crippen LogP contribution is -2.56. The first-order chi connectivity index (χ1) is 10.5. The monoisotopic (exact) mass is 322 g/mol. The van der Waals surface area contributed by atoms with Gasteiger partial charge in [-0.2, -0.15) is 4.31 Å². The van der Waals surface area contributed by atoms with Gasteiger partial charge in [-0.1, -0.05) is 18.2 Å². The van der Waals surface area contributed by atoms with Gasteiger partial charge in [-0.15, -0.1) is 0 Å². The van der Waals surface area contributed by atoms with Gasteiger partial charge >= 0.3 is 0 Å². The van der Waals surface area contributed by atoms with Crippen molar-refractivity contribution in [1.82, 2.24) is 9.29 Å². The van der Waals surface area contributed by atoms with Crippen molar-refractivity contribution in [3.05, 3.63) is 60.0 Å². The summed E-state index contributed by atoms with van der Waals surface area (Å²) in [6.45, 7) is 0.611. The number of aromatic nitrogens is 1. The topological polar surface area (TPSA) is 59.5 Å². The molecule has 0 spiro atoms. The zero-order valence-electron chi connectivity index (χ0n) is 11.7. The number of sulfonamides is 1. The number of hydrogen-bond donors (Lipinski definition) is 0. The maximum absolute atomic E-state index is 12.8. The molecule has 0 atom stereocenters. The first-order valence-electron chi connectivity index (χ1n) is 6.83. The number of nitrogens with zero attached hydrogens (tertiary/aromatic N) is 2. The Morgan fingerprint density at radius 2 is 1.91 bits per heavy atom. The Bertz CT molecular complexity index is 729. The second-order valence-corrected chi connectivity index (χ2v) is 7.08. The lowest BCUT2D eigenvalue weighted by Gasteiger charge is -2.37. The molecule has 0 N–H and O–H groups in total. The number of rotatable bonds is 5. The van der Waals surface area contributed by atoms with Gasteiger partial charge in [0.25, 0.3) is 0 Å². The third-order valence-corrected chi connectivity index (χ3v) is 5.18. The van der Waals surface area contributed by atoms with E-state index in [9.17, 15) is 12.8 Å². The fourth-order valence-corrected chi connectivity index (χ4v) is 3.76. The number of benzene rings is 1. The van der Waals surface area contributed by atoms with E-state index >= 15 is 0 Å². The van der Waals surface area contributed by atoms with E-state index in [1.807, 2.05) is 6.07 Å². The number of halogens is 1. The molecule has 2 aromatic rings. The molecule has 1 aromatic heterocycles. The fourth-order valence-electron chi connectivity index (χ4n) is 2.17. The SMILES string of the molecule is O=S(=O)(Cc1ccc(F)cc1)N1CC(Oc2ccccn2)C1. The Hall–Kier alpha value is -1.99. The molecule has 1 fully saturated rings. The van der Waals surface area contributed by atoms with Crippen LogP contribution < -0.4 is 4.74 Å². The summed E-state index contributed by atoms with van der Waals surface area (Å²) in [6, 6.07) is 10.8. The lowest BCUT2D eigenvalue weighted by atomic mass is 10.2. The van der Waals surface area contributed by atoms with Crippen LogP contribution in [0, 0.1) is 5.82 Å². The normalized spacial score (nSPS) is 16.2. The van der Waals surface area contributed by atoms with Crippen molar-refractivity contribution >= 4 is 10.0 Å². The zero-order valence-corrected chi connectivity index (χ0v) is 12.5. The van der Waals surface area contributed by atoms with E-state index in [1.165, 1.54) is 28.6 Å². The van der Waals surface area contributed by atoms with Crippen LogP contribution >= 0.6 is 0 Å². The zero-order chi connectivity index (χ0) is 15.6. The number of ether oxygens (including phenoxy) is 1. The number of pyridine rings is 1. The molecule has 2 heterocycles. The average molecular weight is 322 g/mol. The highest BCUT2D eigenvalue weighted by Gasteiger charge is 2.37. The molecule has 1 aliphatic rings. The van der Waals surface area contributed by atoms with Crippen molar-refractivity contribution in [3.63, 3.8) is 0 Å². The highest BCUT2D eigenvalue weighted by molar-refractivity contribution is 7.88. The molecule has 7 heteroatoms. The van der Waals surface area contributed by atoms with Crippen LogP contribution in [-0.2, 0) is 15.8 Å². The van der Waals surface area contributed by atoms with Crippen LogP contribution in [0.1, 0.15) is 5.56 Å². The predicted molar refractivity (Wildman–Crippen MR) is 79.2 cm³/mol. The quantitative estimate of drug-likeness (QED) is 0.842. The fraction of sp³-hybridized carbons (Fsp3) is 0.267. The van der Waals surface area contributed by atoms with Gasteiger partial charge in [0, 0.05) is 12.3 Å². The van der Waals surface area contributed by atoms with Gasteiger partial charge in [-0.05, 0) is 23.8 Å². The maximum atomic E-state index is 12.8. The second-order valence-electron chi connectivity index (χ2n) is 5.11. The second kappa shape index (κ2) is 6.02. The van der Waals surface area contributed by atoms with Crippen molar-refractivity contribution in [2.45, 2.75) is 11.9 Å². The lowest BCUT2D eigenvalue weighted by molar-refractivity contribution is 0.0720. The minimum Gasteiger partial charge on any atom is -0.472 e. The molecule has 0 aliphatic carbocycles. The first-order valence-corrected chi connectivity index (χ1v) is 8.44. The van der Waals surface area contributed by atoms with Gasteiger partial charge in [0.15, 0.2) is 0 Å². The molecule has 0 saturated carbocycles. The molecule has 0 amide bonds. The van der Waals surface area contributed by atoms with E-state index in [0.717, 1.165) is 0 Å². The van der Waals surface area contributed by atoms with E-state index in [-0.39, 0.29) is 17.7 Å². The van der Waals surface area contributed by atoms with E-state index in [0.29, 0.717) is 24.5 Å². The van der Waals surface area contributed by atoms with Gasteiger partial charge in [-0.3, -0.25) is 0 Å². The Morgan fingerprint density at radius 1 is 1.18 bits per heavy atom. The van der Waals surface area contributed by atoms with E-state index < -0.39 is 10.0 Å². The van der Waals surface area contributed by atoms with Crippen molar-refractivity contribution in [1.29, 1.82) is 0 Å². The third-order valence-electron chi connectivity index (χ3n) is 3.40. The van der Waals surface area contributed by atoms with Crippen LogP contribution in [0.4, 0.5) is 4.39 Å². The minimum absolute atomic E-state index is 0.135. The summed E-state index contributed by atoms with van der Waals surface area (Å²) >= 11 is 0. The highest BCUT2D eigenvalue weighted by atomic mass is 32.2. The number of hydrogen-bond acceptors (Lipinski definition) is 4. The molecule has 0 radical (unpaired) electrons. The van der Waals surface area contributed by atoms with Gasteiger partial charge in [0.1, 0.15) is 11.9 Å². The predicted octanol–water partition coefficient (Wildman–Crippen LogP) is 1.81. The van der Waals surface area contributed by atoms with Crippen LogP contribution in [0.15, 0.2) is 48.7 Å². The smallest absolute Gasteiger partial charge is 0.218 e. The summed E-state index contributed by atoms with van der Waals surface area (Å²) in [7, 11) is -3.40. The van der Waals surface area contributed by atoms with Gasteiger partial charge in [0.05, 0.1) is 18.8 Å². The average Bonchev–Trinajstić information content (AvgIpc) is 2.45. The van der Waals surface area contributed by atoms with Gasteiger partial charge in [0.2, 0.25) is 15.9 Å². The molecule has 0 bridgehead atoms. The molecular weight excluding hydrogens is 307 g/mol. The largest absolute Gasteiger partial charge is 0.472 e. The Labute approximate surface area is 128 Å². The van der Waals surface area contributed by atoms with Gasteiger partial charge < -0.3 is 4.74 Å². The Balaban J connectivity index is 1.56. The van der Waals surface area contributed by atoms with Crippen LogP contribution in [0.2, 0.25) is 0 Å². The molecule has 5 nitrogen and oxygen atoms in total. The Kier molecular flexibility index (Phi) is 4.08. The molecular formula is C15H15FN2O3S. The van der Waals surface area contributed by atoms with Gasteiger partial charge in [-0.25, -0.2) is 17.8 Å². The third kappa shape index (κ3) is 3.42. The van der Waals surface area contributed by atoms with Crippen molar-refractivity contribution in [2.24, 2.45) is 0 Å². The maximum Gasteiger partial charge on any atom is 0.218 e. The summed E-state index contributed by atoms with van der Waals surface area (Å²) in [5.41, 5.74) is 0.565. The highest BCUT2D eigenvalue weighted by Crippen LogP contribution is 2.21. The van der Waals surface area contributed by atoms with Crippen LogP contribution in [-0.4, -0.2) is 36.9 Å². The summed E-state index contributed by atoms with van der Waals surface area (Å²) in [4.78, 5) is 4.04. The van der Waals surface area contributed by atoms with Crippen LogP contribution in [0.3, 0.4) is 0 Å². The molecule has 1 aliphatic heterocycles. The summed E-state index contributed by atoms with van der Waals surface area (Å²) in [5, 5.41) is 0. The molecule has 22 heavy (non-hydrogen) atoms. The minimum atomic E-state index is -3.40. The van der Waals surface area contributed by atoms with E-state index in [1.54, 1.807) is 18.3 Å². The molecule has 1 saturated heterocycles. The molecule has 1 aromatic carbocycles. The summed E-state index contributed by atoms with van der Waals surface area (Å²) in [5.74, 6) is -0.0270. The molecule has 116 valence electrons. The molecule has 0 unspecified atom stereocenters. The Morgan fingerprint density at radius 3 is 2.55 bits per heavy atom. The van der Waals surface area contributed by atoms with E-state index in [4.69, 9.17) is 4.74 Å². The van der Waals surface area contributed by atoms with Crippen molar-refractivity contribution < 1.29 is 17.5 Å². The summed E-state index contributed by atoms with van der Waals surface area (Å²) in [6.07, 6.45) is 1.44.